The zero-order valence-corrected chi connectivity index (χ0v) is 5.92. The summed E-state index contributed by atoms with van der Waals surface area (Å²) in [7, 11) is 0. The quantitative estimate of drug-likeness (QED) is 0.509. The summed E-state index contributed by atoms with van der Waals surface area (Å²) < 4.78 is 0. The molecule has 0 bridgehead atoms. The van der Waals surface area contributed by atoms with Crippen LogP contribution in [0.25, 0.3) is 0 Å². The van der Waals surface area contributed by atoms with E-state index in [1.807, 2.05) is 0 Å². The van der Waals surface area contributed by atoms with Crippen molar-refractivity contribution in [3.05, 3.63) is 0 Å². The van der Waals surface area contributed by atoms with Crippen molar-refractivity contribution in [3.8, 4) is 0 Å². The summed E-state index contributed by atoms with van der Waals surface area (Å²) in [6, 6.07) is -0.127. The zero-order valence-electron chi connectivity index (χ0n) is 5.92. The molecule has 58 valence electrons. The highest BCUT2D eigenvalue weighted by Crippen LogP contribution is 2.09. The smallest absolute Gasteiger partial charge is 0.136 e. The van der Waals surface area contributed by atoms with Crippen LogP contribution in [0.4, 0.5) is 0 Å². The minimum absolute atomic E-state index is 0.127. The highest BCUT2D eigenvalue weighted by atomic mass is 16.3. The maximum absolute atomic E-state index is 10.3. The molecule has 0 amide bonds. The van der Waals surface area contributed by atoms with Gasteiger partial charge in [0.05, 0.1) is 6.04 Å². The summed E-state index contributed by atoms with van der Waals surface area (Å²) in [5, 5.41) is 11.9. The van der Waals surface area contributed by atoms with Crippen molar-refractivity contribution in [2.75, 3.05) is 0 Å². The molecule has 0 aromatic heterocycles. The molecule has 2 atom stereocenters. The largest absolute Gasteiger partial charge is 0.379 e. The van der Waals surface area contributed by atoms with Gasteiger partial charge in [0.15, 0.2) is 0 Å². The molecule has 1 saturated heterocycles. The lowest BCUT2D eigenvalue weighted by Crippen LogP contribution is -2.37. The second-order valence-corrected chi connectivity index (χ2v) is 2.71. The average Bonchev–Trinajstić information content (AvgIpc) is 2.13. The predicted molar refractivity (Wildman–Crippen MR) is 37.5 cm³/mol. The first-order valence-electron chi connectivity index (χ1n) is 3.72. The number of hydrogen-bond acceptors (Lipinski definition) is 3. The summed E-state index contributed by atoms with van der Waals surface area (Å²) in [5.74, 6) is 0. The van der Waals surface area contributed by atoms with E-state index in [0.717, 1.165) is 32.0 Å². The molecule has 0 saturated carbocycles. The van der Waals surface area contributed by atoms with Crippen LogP contribution in [-0.4, -0.2) is 23.7 Å². The van der Waals surface area contributed by atoms with Gasteiger partial charge in [0.2, 0.25) is 0 Å². The number of aldehydes is 1. The molecule has 0 spiro atoms. The molecule has 1 aliphatic rings. The van der Waals surface area contributed by atoms with Crippen LogP contribution in [0.3, 0.4) is 0 Å². The number of carbonyl (C=O) groups excluding carboxylic acids is 1. The second-order valence-electron chi connectivity index (χ2n) is 2.71. The number of aliphatic hydroxyl groups is 1. The Hall–Kier alpha value is -0.410. The average molecular weight is 143 g/mol. The van der Waals surface area contributed by atoms with Gasteiger partial charge in [-0.1, -0.05) is 6.42 Å². The molecule has 0 aliphatic carbocycles. The standard InChI is InChI=1S/C7H13NO2/c9-5-6-3-1-2-4-7(10)8-6/h5-8,10H,1-4H2. The van der Waals surface area contributed by atoms with Crippen molar-refractivity contribution in [3.63, 3.8) is 0 Å². The van der Waals surface area contributed by atoms with Crippen LogP contribution in [0.5, 0.6) is 0 Å². The van der Waals surface area contributed by atoms with Crippen molar-refractivity contribution in [2.24, 2.45) is 0 Å². The molecule has 2 N–H and O–H groups in total. The Kier molecular flexibility index (Phi) is 2.83. The summed E-state index contributed by atoms with van der Waals surface area (Å²) in [4.78, 5) is 10.3. The van der Waals surface area contributed by atoms with Gasteiger partial charge < -0.3 is 9.90 Å². The van der Waals surface area contributed by atoms with E-state index in [-0.39, 0.29) is 6.04 Å². The van der Waals surface area contributed by atoms with Crippen molar-refractivity contribution in [1.82, 2.24) is 5.32 Å². The van der Waals surface area contributed by atoms with E-state index in [2.05, 4.69) is 5.32 Å². The lowest BCUT2D eigenvalue weighted by atomic mass is 10.1. The van der Waals surface area contributed by atoms with Gasteiger partial charge in [-0.3, -0.25) is 5.32 Å². The minimum Gasteiger partial charge on any atom is -0.379 e. The maximum atomic E-state index is 10.3. The maximum Gasteiger partial charge on any atom is 0.136 e. The van der Waals surface area contributed by atoms with Crippen molar-refractivity contribution < 1.29 is 9.90 Å². The fourth-order valence-corrected chi connectivity index (χ4v) is 1.22. The Balaban J connectivity index is 2.37. The van der Waals surface area contributed by atoms with E-state index in [1.165, 1.54) is 0 Å². The predicted octanol–water partition coefficient (Wildman–Crippen LogP) is 0.0359. The molecular formula is C7H13NO2. The molecule has 0 aromatic rings. The first kappa shape index (κ1) is 7.69. The molecule has 2 unspecified atom stereocenters. The lowest BCUT2D eigenvalue weighted by Gasteiger charge is -2.11. The van der Waals surface area contributed by atoms with Gasteiger partial charge in [0.1, 0.15) is 12.5 Å². The number of carbonyl (C=O) groups is 1. The first-order valence-corrected chi connectivity index (χ1v) is 3.72. The highest BCUT2D eigenvalue weighted by molar-refractivity contribution is 5.57. The zero-order chi connectivity index (χ0) is 7.40. The fraction of sp³-hybridized carbons (Fsp3) is 0.857. The van der Waals surface area contributed by atoms with Gasteiger partial charge >= 0.3 is 0 Å². The van der Waals surface area contributed by atoms with Crippen LogP contribution in [-0.2, 0) is 4.79 Å². The highest BCUT2D eigenvalue weighted by Gasteiger charge is 2.15. The number of nitrogens with one attached hydrogen (secondary N) is 1. The minimum atomic E-state index is -0.474. The lowest BCUT2D eigenvalue weighted by molar-refractivity contribution is -0.110. The second kappa shape index (κ2) is 3.68. The van der Waals surface area contributed by atoms with Crippen LogP contribution in [0.15, 0.2) is 0 Å². The molecule has 1 fully saturated rings. The van der Waals surface area contributed by atoms with Crippen molar-refractivity contribution >= 4 is 6.29 Å². The number of rotatable bonds is 1. The molecule has 1 heterocycles. The van der Waals surface area contributed by atoms with E-state index >= 15 is 0 Å². The fourth-order valence-electron chi connectivity index (χ4n) is 1.22. The summed E-state index contributed by atoms with van der Waals surface area (Å²) in [6.07, 6.45) is 4.07. The van der Waals surface area contributed by atoms with E-state index in [4.69, 9.17) is 5.11 Å². The van der Waals surface area contributed by atoms with Gasteiger partial charge in [0.25, 0.3) is 0 Å². The van der Waals surface area contributed by atoms with Gasteiger partial charge in [-0.15, -0.1) is 0 Å². The molecule has 3 heteroatoms. The van der Waals surface area contributed by atoms with Crippen molar-refractivity contribution in [2.45, 2.75) is 38.0 Å². The van der Waals surface area contributed by atoms with E-state index in [1.54, 1.807) is 0 Å². The molecule has 10 heavy (non-hydrogen) atoms. The monoisotopic (exact) mass is 143 g/mol. The van der Waals surface area contributed by atoms with E-state index < -0.39 is 6.23 Å². The van der Waals surface area contributed by atoms with Gasteiger partial charge in [-0.05, 0) is 19.3 Å². The molecule has 3 nitrogen and oxygen atoms in total. The van der Waals surface area contributed by atoms with Crippen LogP contribution >= 0.6 is 0 Å². The molecular weight excluding hydrogens is 130 g/mol. The van der Waals surface area contributed by atoms with Crippen LogP contribution in [0.1, 0.15) is 25.7 Å². The third kappa shape index (κ3) is 2.08. The van der Waals surface area contributed by atoms with Crippen LogP contribution < -0.4 is 5.32 Å². The number of hydrogen-bond donors (Lipinski definition) is 2. The van der Waals surface area contributed by atoms with Crippen molar-refractivity contribution in [1.29, 1.82) is 0 Å². The summed E-state index contributed by atoms with van der Waals surface area (Å²) in [5.41, 5.74) is 0. The van der Waals surface area contributed by atoms with E-state index in [9.17, 15) is 4.79 Å². The van der Waals surface area contributed by atoms with Gasteiger partial charge in [-0.25, -0.2) is 0 Å². The Morgan fingerprint density at radius 2 is 2.10 bits per heavy atom. The first-order chi connectivity index (χ1) is 4.83. The summed E-state index contributed by atoms with van der Waals surface area (Å²) in [6.45, 7) is 0. The normalized spacial score (nSPS) is 34.9. The van der Waals surface area contributed by atoms with Crippen LogP contribution in [0.2, 0.25) is 0 Å². The third-order valence-electron chi connectivity index (χ3n) is 1.81. The molecule has 0 radical (unpaired) electrons. The number of aliphatic hydroxyl groups excluding tert-OH is 1. The van der Waals surface area contributed by atoms with Crippen LogP contribution in [0, 0.1) is 0 Å². The molecule has 1 rings (SSSR count). The Labute approximate surface area is 60.4 Å². The van der Waals surface area contributed by atoms with E-state index in [0.29, 0.717) is 0 Å². The molecule has 0 aromatic carbocycles. The van der Waals surface area contributed by atoms with Gasteiger partial charge in [-0.2, -0.15) is 0 Å². The SMILES string of the molecule is O=CC1CCCCC(O)N1. The molecule has 1 aliphatic heterocycles. The van der Waals surface area contributed by atoms with Gasteiger partial charge in [0, 0.05) is 0 Å². The Bertz CT molecular complexity index is 116. The topological polar surface area (TPSA) is 49.3 Å². The summed E-state index contributed by atoms with van der Waals surface area (Å²) >= 11 is 0. The third-order valence-corrected chi connectivity index (χ3v) is 1.81. The Morgan fingerprint density at radius 3 is 2.80 bits per heavy atom. The Morgan fingerprint density at radius 1 is 1.40 bits per heavy atom.